The zero-order valence-corrected chi connectivity index (χ0v) is 17.5. The van der Waals surface area contributed by atoms with E-state index in [9.17, 15) is 14.0 Å². The van der Waals surface area contributed by atoms with Crippen molar-refractivity contribution < 1.29 is 9.18 Å². The molecule has 0 aliphatic heterocycles. The van der Waals surface area contributed by atoms with Crippen LogP contribution in [-0.4, -0.2) is 26.2 Å². The lowest BCUT2D eigenvalue weighted by Crippen LogP contribution is -2.28. The molecule has 154 valence electrons. The number of halogens is 2. The summed E-state index contributed by atoms with van der Waals surface area (Å²) in [5.41, 5.74) is 2.86. The SMILES string of the molecule is O=C(CSc1nc(=O)n(Cc2ccccn2)c2c1CCC2)Nc1ccc(F)c(Cl)c1. The monoisotopic (exact) mass is 444 g/mol. The van der Waals surface area contributed by atoms with Crippen LogP contribution in [0, 0.1) is 5.82 Å². The zero-order valence-electron chi connectivity index (χ0n) is 15.9. The molecule has 2 aromatic heterocycles. The van der Waals surface area contributed by atoms with Gasteiger partial charge in [0.25, 0.3) is 0 Å². The molecule has 1 aromatic carbocycles. The van der Waals surface area contributed by atoms with E-state index in [1.807, 2.05) is 18.2 Å². The Morgan fingerprint density at radius 2 is 2.13 bits per heavy atom. The van der Waals surface area contributed by atoms with E-state index in [1.165, 1.54) is 30.0 Å². The van der Waals surface area contributed by atoms with Crippen LogP contribution in [0.5, 0.6) is 0 Å². The van der Waals surface area contributed by atoms with E-state index in [0.29, 0.717) is 17.3 Å². The van der Waals surface area contributed by atoms with Gasteiger partial charge in [0, 0.05) is 23.1 Å². The number of nitrogens with zero attached hydrogens (tertiary/aromatic N) is 3. The number of hydrogen-bond donors (Lipinski definition) is 1. The summed E-state index contributed by atoms with van der Waals surface area (Å²) in [7, 11) is 0. The zero-order chi connectivity index (χ0) is 21.1. The predicted molar refractivity (Wildman–Crippen MR) is 115 cm³/mol. The van der Waals surface area contributed by atoms with Crippen molar-refractivity contribution in [3.05, 3.63) is 80.9 Å². The Hall–Kier alpha value is -2.71. The van der Waals surface area contributed by atoms with Gasteiger partial charge in [-0.2, -0.15) is 4.98 Å². The Kier molecular flexibility index (Phi) is 6.15. The molecule has 30 heavy (non-hydrogen) atoms. The largest absolute Gasteiger partial charge is 0.349 e. The second-order valence-electron chi connectivity index (χ2n) is 6.85. The fourth-order valence-electron chi connectivity index (χ4n) is 3.43. The van der Waals surface area contributed by atoms with Crippen molar-refractivity contribution in [2.24, 2.45) is 0 Å². The third-order valence-electron chi connectivity index (χ3n) is 4.79. The van der Waals surface area contributed by atoms with E-state index >= 15 is 0 Å². The Morgan fingerprint density at radius 3 is 2.90 bits per heavy atom. The van der Waals surface area contributed by atoms with Crippen molar-refractivity contribution in [1.29, 1.82) is 0 Å². The van der Waals surface area contributed by atoms with Crippen LogP contribution in [0.4, 0.5) is 10.1 Å². The van der Waals surface area contributed by atoms with Crippen molar-refractivity contribution in [3.63, 3.8) is 0 Å². The second-order valence-corrected chi connectivity index (χ2v) is 8.22. The normalized spacial score (nSPS) is 12.6. The first kappa shape index (κ1) is 20.6. The summed E-state index contributed by atoms with van der Waals surface area (Å²) in [6.45, 7) is 0.381. The van der Waals surface area contributed by atoms with E-state index < -0.39 is 5.82 Å². The van der Waals surface area contributed by atoms with Crippen LogP contribution in [0.25, 0.3) is 0 Å². The molecule has 1 N–H and O–H groups in total. The molecule has 0 fully saturated rings. The molecule has 0 unspecified atom stereocenters. The first-order valence-electron chi connectivity index (χ1n) is 9.41. The molecular formula is C21H18ClFN4O2S. The minimum absolute atomic E-state index is 0.0588. The first-order valence-corrected chi connectivity index (χ1v) is 10.8. The van der Waals surface area contributed by atoms with Gasteiger partial charge in [-0.1, -0.05) is 29.4 Å². The van der Waals surface area contributed by atoms with Gasteiger partial charge in [-0.25, -0.2) is 9.18 Å². The Bertz CT molecular complexity index is 1150. The summed E-state index contributed by atoms with van der Waals surface area (Å²) in [5, 5.41) is 3.21. The number of amides is 1. The number of thioether (sulfide) groups is 1. The number of rotatable bonds is 6. The lowest BCUT2D eigenvalue weighted by Gasteiger charge is -2.14. The molecule has 0 bridgehead atoms. The molecule has 0 saturated carbocycles. The van der Waals surface area contributed by atoms with Crippen molar-refractivity contribution in [1.82, 2.24) is 14.5 Å². The molecule has 0 atom stereocenters. The molecule has 1 aliphatic rings. The fraction of sp³-hybridized carbons (Fsp3) is 0.238. The van der Waals surface area contributed by atoms with Gasteiger partial charge in [-0.15, -0.1) is 0 Å². The quantitative estimate of drug-likeness (QED) is 0.463. The number of hydrogen-bond acceptors (Lipinski definition) is 5. The molecule has 2 heterocycles. The number of anilines is 1. The highest BCUT2D eigenvalue weighted by Gasteiger charge is 2.22. The Balaban J connectivity index is 1.49. The van der Waals surface area contributed by atoms with Crippen LogP contribution in [0.2, 0.25) is 5.02 Å². The molecule has 6 nitrogen and oxygen atoms in total. The van der Waals surface area contributed by atoms with E-state index in [2.05, 4.69) is 15.3 Å². The molecule has 0 saturated heterocycles. The summed E-state index contributed by atoms with van der Waals surface area (Å²) >= 11 is 6.97. The number of aromatic nitrogens is 3. The van der Waals surface area contributed by atoms with Crippen molar-refractivity contribution in [3.8, 4) is 0 Å². The highest BCUT2D eigenvalue weighted by atomic mass is 35.5. The van der Waals surface area contributed by atoms with E-state index in [0.717, 1.165) is 36.2 Å². The van der Waals surface area contributed by atoms with Gasteiger partial charge in [0.15, 0.2) is 0 Å². The lowest BCUT2D eigenvalue weighted by molar-refractivity contribution is -0.113. The van der Waals surface area contributed by atoms with E-state index in [-0.39, 0.29) is 22.4 Å². The van der Waals surface area contributed by atoms with Crippen LogP contribution in [0.3, 0.4) is 0 Å². The van der Waals surface area contributed by atoms with Gasteiger partial charge in [0.1, 0.15) is 10.8 Å². The van der Waals surface area contributed by atoms with E-state index in [1.54, 1.807) is 10.8 Å². The number of carbonyl (C=O) groups is 1. The van der Waals surface area contributed by atoms with Crippen LogP contribution < -0.4 is 11.0 Å². The molecule has 1 amide bonds. The standard InChI is InChI=1S/C21H18ClFN4O2S/c22-16-10-13(7-8-17(16)23)25-19(28)12-30-20-15-5-3-6-18(15)27(21(29)26-20)11-14-4-1-2-9-24-14/h1-2,4,7-10H,3,5-6,11-12H2,(H,25,28). The average Bonchev–Trinajstić information content (AvgIpc) is 3.22. The molecule has 9 heteroatoms. The summed E-state index contributed by atoms with van der Waals surface area (Å²) in [4.78, 5) is 33.5. The van der Waals surface area contributed by atoms with Crippen LogP contribution >= 0.6 is 23.4 Å². The Labute approximate surface area is 181 Å². The first-order chi connectivity index (χ1) is 14.5. The number of pyridine rings is 1. The van der Waals surface area contributed by atoms with Crippen molar-refractivity contribution in [2.45, 2.75) is 30.8 Å². The van der Waals surface area contributed by atoms with Gasteiger partial charge in [0.2, 0.25) is 5.91 Å². The fourth-order valence-corrected chi connectivity index (χ4v) is 4.48. The van der Waals surface area contributed by atoms with Crippen LogP contribution in [0.1, 0.15) is 23.4 Å². The number of nitrogens with one attached hydrogen (secondary N) is 1. The molecule has 0 radical (unpaired) electrons. The van der Waals surface area contributed by atoms with Crippen LogP contribution in [-0.2, 0) is 24.2 Å². The third kappa shape index (κ3) is 4.55. The highest BCUT2D eigenvalue weighted by molar-refractivity contribution is 8.00. The molecule has 0 spiro atoms. The number of benzene rings is 1. The maximum Gasteiger partial charge on any atom is 0.349 e. The summed E-state index contributed by atoms with van der Waals surface area (Å²) in [5.74, 6) is -0.748. The van der Waals surface area contributed by atoms with E-state index in [4.69, 9.17) is 11.6 Å². The van der Waals surface area contributed by atoms with Crippen molar-refractivity contribution >= 4 is 35.0 Å². The average molecular weight is 445 g/mol. The van der Waals surface area contributed by atoms with Gasteiger partial charge in [-0.3, -0.25) is 14.3 Å². The smallest absolute Gasteiger partial charge is 0.325 e. The molecule has 3 aromatic rings. The predicted octanol–water partition coefficient (Wildman–Crippen LogP) is 3.70. The summed E-state index contributed by atoms with van der Waals surface area (Å²) < 4.78 is 14.9. The van der Waals surface area contributed by atoms with Gasteiger partial charge >= 0.3 is 5.69 Å². The third-order valence-corrected chi connectivity index (χ3v) is 6.10. The maximum atomic E-state index is 13.2. The maximum absolute atomic E-state index is 13.2. The molecular weight excluding hydrogens is 427 g/mol. The van der Waals surface area contributed by atoms with Gasteiger partial charge in [0.05, 0.1) is 23.0 Å². The lowest BCUT2D eigenvalue weighted by atomic mass is 10.2. The van der Waals surface area contributed by atoms with Gasteiger partial charge in [-0.05, 0) is 49.6 Å². The van der Waals surface area contributed by atoms with Crippen molar-refractivity contribution in [2.75, 3.05) is 11.1 Å². The minimum Gasteiger partial charge on any atom is -0.325 e. The number of fused-ring (bicyclic) bond motifs is 1. The molecule has 1 aliphatic carbocycles. The number of carbonyl (C=O) groups excluding carboxylic acids is 1. The second kappa shape index (κ2) is 8.97. The Morgan fingerprint density at radius 1 is 1.27 bits per heavy atom. The van der Waals surface area contributed by atoms with Crippen LogP contribution in [0.15, 0.2) is 52.4 Å². The minimum atomic E-state index is -0.546. The highest BCUT2D eigenvalue weighted by Crippen LogP contribution is 2.29. The topological polar surface area (TPSA) is 76.9 Å². The summed E-state index contributed by atoms with van der Waals surface area (Å²) in [6, 6.07) is 9.59. The van der Waals surface area contributed by atoms with Gasteiger partial charge < -0.3 is 5.32 Å². The summed E-state index contributed by atoms with van der Waals surface area (Å²) in [6.07, 6.45) is 4.26. The molecule has 4 rings (SSSR count).